The molecule has 0 amide bonds. The van der Waals surface area contributed by atoms with E-state index < -0.39 is 30.8 Å². The Morgan fingerprint density at radius 2 is 1.08 bits per heavy atom. The zero-order chi connectivity index (χ0) is 49.7. The van der Waals surface area contributed by atoms with Gasteiger partial charge >= 0.3 is 29.6 Å². The summed E-state index contributed by atoms with van der Waals surface area (Å²) in [7, 11) is -6.66. The molecule has 0 spiro atoms. The van der Waals surface area contributed by atoms with Crippen molar-refractivity contribution in [1.82, 2.24) is 53.9 Å². The van der Waals surface area contributed by atoms with E-state index in [4.69, 9.17) is 32.0 Å². The second-order valence-corrected chi connectivity index (χ2v) is 24.1. The molecule has 384 valence electrons. The van der Waals surface area contributed by atoms with Crippen molar-refractivity contribution in [3.8, 4) is 0 Å². The van der Waals surface area contributed by atoms with Crippen molar-refractivity contribution in [2.75, 3.05) is 55.2 Å². The quantitative estimate of drug-likeness (QED) is 0.101. The van der Waals surface area contributed by atoms with E-state index in [1.807, 2.05) is 27.5 Å². The van der Waals surface area contributed by atoms with E-state index in [9.17, 15) is 16.8 Å². The van der Waals surface area contributed by atoms with E-state index in [2.05, 4.69) is 77.0 Å². The fourth-order valence-corrected chi connectivity index (χ4v) is 12.6. The number of hydrogen-bond acceptors (Lipinski definition) is 16. The minimum absolute atomic E-state index is 0. The number of pyridine rings is 1. The summed E-state index contributed by atoms with van der Waals surface area (Å²) in [6.45, 7) is 3.89. The molecule has 4 fully saturated rings. The van der Waals surface area contributed by atoms with E-state index in [1.54, 1.807) is 30.7 Å². The fourth-order valence-electron chi connectivity index (χ4n) is 9.76. The third kappa shape index (κ3) is 14.2. The van der Waals surface area contributed by atoms with E-state index in [1.165, 1.54) is 38.2 Å². The third-order valence-electron chi connectivity index (χ3n) is 12.9. The summed E-state index contributed by atoms with van der Waals surface area (Å²) in [5.41, 5.74) is 3.31. The molecule has 2 N–H and O–H groups in total. The number of rotatable bonds is 8. The molecular formula is C45H56BrCl3N13NaO6S3. The minimum atomic E-state index is -3.37. The number of nitrogens with zero attached hydrogens (tertiary/aromatic N) is 11. The number of halogens is 4. The molecule has 1 saturated heterocycles. The molecule has 0 bridgehead atoms. The summed E-state index contributed by atoms with van der Waals surface area (Å²) in [6, 6.07) is 10.2. The van der Waals surface area contributed by atoms with Crippen LogP contribution in [0.2, 0.25) is 10.6 Å². The fraction of sp³-hybridized carbons (Fsp3) is 0.489. The normalized spacial score (nSPS) is 17.1. The maximum atomic E-state index is 12.4. The van der Waals surface area contributed by atoms with E-state index in [-0.39, 0.29) is 59.3 Å². The molecule has 0 aromatic carbocycles. The summed E-state index contributed by atoms with van der Waals surface area (Å²) in [4.78, 5) is 32.3. The maximum Gasteiger partial charge on any atom is 1.00 e. The summed E-state index contributed by atoms with van der Waals surface area (Å²) >= 11 is 13.4. The molecule has 4 aliphatic rings. The Bertz CT molecular complexity index is 3210. The van der Waals surface area contributed by atoms with Gasteiger partial charge in [0.25, 0.3) is 0 Å². The van der Waals surface area contributed by atoms with Crippen molar-refractivity contribution < 1.29 is 55.2 Å². The first-order valence-corrected chi connectivity index (χ1v) is 30.0. The Morgan fingerprint density at radius 3 is 1.53 bits per heavy atom. The number of sulfone groups is 2. The van der Waals surface area contributed by atoms with Gasteiger partial charge in [0, 0.05) is 91.6 Å². The Kier molecular flexibility index (Phi) is 20.7. The van der Waals surface area contributed by atoms with Crippen molar-refractivity contribution >= 4 is 133 Å². The van der Waals surface area contributed by atoms with Gasteiger partial charge in [-0.2, -0.15) is 15.0 Å². The molecule has 27 heteroatoms. The predicted octanol–water partition coefficient (Wildman–Crippen LogP) is 5.98. The van der Waals surface area contributed by atoms with Gasteiger partial charge in [-0.3, -0.25) is 4.21 Å². The first kappa shape index (κ1) is 58.2. The molecule has 1 unspecified atom stereocenters. The first-order chi connectivity index (χ1) is 33.4. The van der Waals surface area contributed by atoms with E-state index in [0.29, 0.717) is 44.4 Å². The second-order valence-electron chi connectivity index (χ2n) is 17.9. The molecule has 0 radical (unpaired) electrons. The van der Waals surface area contributed by atoms with Crippen LogP contribution < -0.4 is 45.1 Å². The molecule has 1 aliphatic heterocycles. The molecule has 19 nitrogen and oxygen atoms in total. The Balaban J connectivity index is 0.000000178. The van der Waals surface area contributed by atoms with Crippen LogP contribution in [0, 0.1) is 0 Å². The standard InChI is InChI=1S/C21H27N7O2S.C12H14ClN3O2S.C11H11BrClN3.CH4O2S.ClH.Na/c1-31(29,30)19-12-15-13-24-21(26-20(15)28(19)16-4-2-3-5-16)25-18-7-6-17(14-23-18)27-10-8-22-9-11-27;1-19(17,18)10-6-8-7-14-12(13)15-11(8)16(10)9-4-2-3-5-9;12-9-5-7-6-14-11(13)15-10(7)16(9)8-3-1-2-4-8;1-4(2)3;;/h6-7,12-14,16,22H,2-5,8-11H2,1H3,(H,23,24,25,26);6-7,9H,2-5H2,1H3;5-6,8H,1-4H2;1H3,(H,2,3);1H;/q;;;;;+1/p-1. The number of nitrogens with one attached hydrogen (secondary N) is 2. The van der Waals surface area contributed by atoms with Gasteiger partial charge in [-0.25, -0.2) is 36.8 Å². The summed E-state index contributed by atoms with van der Waals surface area (Å²) in [6.07, 6.45) is 23.8. The molecule has 7 aromatic heterocycles. The molecule has 1 atom stereocenters. The van der Waals surface area contributed by atoms with E-state index >= 15 is 0 Å². The van der Waals surface area contributed by atoms with Gasteiger partial charge in [0.2, 0.25) is 16.5 Å². The van der Waals surface area contributed by atoms with Crippen LogP contribution in [0.1, 0.15) is 95.2 Å². The van der Waals surface area contributed by atoms with Gasteiger partial charge in [0.1, 0.15) is 32.8 Å². The molecule has 3 saturated carbocycles. The van der Waals surface area contributed by atoms with E-state index in [0.717, 1.165) is 116 Å². The van der Waals surface area contributed by atoms with Crippen LogP contribution >= 0.6 is 51.5 Å². The smallest absolute Gasteiger partial charge is 0.773 e. The van der Waals surface area contributed by atoms with Crippen LogP contribution in [-0.2, 0) is 30.8 Å². The van der Waals surface area contributed by atoms with Crippen molar-refractivity contribution in [3.05, 3.63) is 70.3 Å². The zero-order valence-corrected chi connectivity index (χ0v) is 48.7. The third-order valence-corrected chi connectivity index (χ3v) is 16.0. The van der Waals surface area contributed by atoms with Gasteiger partial charge < -0.3 is 33.8 Å². The zero-order valence-electron chi connectivity index (χ0n) is 40.4. The molecule has 11 rings (SSSR count). The topological polar surface area (TPSA) is 241 Å². The maximum absolute atomic E-state index is 12.4. The van der Waals surface area contributed by atoms with Crippen molar-refractivity contribution in [2.24, 2.45) is 0 Å². The Morgan fingerprint density at radius 1 is 0.667 bits per heavy atom. The van der Waals surface area contributed by atoms with Crippen molar-refractivity contribution in [2.45, 2.75) is 105 Å². The first-order valence-electron chi connectivity index (χ1n) is 23.1. The number of hydrogen-bond donors (Lipinski definition) is 2. The molecular weight excluding hydrogens is 1120 g/mol. The van der Waals surface area contributed by atoms with Gasteiger partial charge in [0.15, 0.2) is 19.7 Å². The average molecular weight is 1180 g/mol. The second kappa shape index (κ2) is 25.6. The number of piperazine rings is 1. The van der Waals surface area contributed by atoms with Crippen LogP contribution in [0.4, 0.5) is 17.5 Å². The van der Waals surface area contributed by atoms with Crippen molar-refractivity contribution in [1.29, 1.82) is 0 Å². The van der Waals surface area contributed by atoms with Crippen molar-refractivity contribution in [3.63, 3.8) is 0 Å². The van der Waals surface area contributed by atoms with Crippen LogP contribution in [0.5, 0.6) is 0 Å². The van der Waals surface area contributed by atoms with Gasteiger partial charge in [0.05, 0.1) is 16.5 Å². The monoisotopic (exact) mass is 1180 g/mol. The molecule has 3 aliphatic carbocycles. The number of fused-ring (bicyclic) bond motifs is 3. The molecule has 72 heavy (non-hydrogen) atoms. The minimum Gasteiger partial charge on any atom is -0.773 e. The van der Waals surface area contributed by atoms with Crippen LogP contribution in [0.3, 0.4) is 0 Å². The predicted molar refractivity (Wildman–Crippen MR) is 284 cm³/mol. The van der Waals surface area contributed by atoms with Crippen LogP contribution in [-0.4, -0.2) is 119 Å². The summed E-state index contributed by atoms with van der Waals surface area (Å²) in [5, 5.41) is 10.1. The molecule has 7 aromatic rings. The Hall–Kier alpha value is -3.07. The SMILES string of the molecule is CS(=O)(=O)c1cc2cnc(Cl)nc2n1C1CCCC1.CS(=O)(=O)c1cc2cnc(Nc3ccc(N4CCNCC4)cn3)nc2n1C1CCCC1.CS(=O)[O-].Cl.Clc1ncc2cc(Br)n(C3CCCC3)c2n1.[Na+]. The van der Waals surface area contributed by atoms with Crippen LogP contribution in [0.25, 0.3) is 33.1 Å². The van der Waals surface area contributed by atoms with Gasteiger partial charge in [-0.15, -0.1) is 12.4 Å². The largest absolute Gasteiger partial charge is 1.00 e. The number of aromatic nitrogens is 10. The average Bonchev–Trinajstić information content (AvgIpc) is 4.18. The summed E-state index contributed by atoms with van der Waals surface area (Å²) in [5.74, 6) is 1.06. The van der Waals surface area contributed by atoms with Crippen LogP contribution in [0.15, 0.2) is 69.8 Å². The Labute approximate surface area is 468 Å². The van der Waals surface area contributed by atoms with Gasteiger partial charge in [-0.1, -0.05) is 49.6 Å². The summed E-state index contributed by atoms with van der Waals surface area (Å²) < 4.78 is 73.8. The van der Waals surface area contributed by atoms with Gasteiger partial charge in [-0.05, 0) is 114 Å². The molecule has 8 heterocycles. The number of anilines is 3.